The zero-order chi connectivity index (χ0) is 29.9. The molecule has 3 atom stereocenters. The number of carbonyl (C=O) groups excluding carboxylic acids is 2. The molecule has 0 saturated carbocycles. The Morgan fingerprint density at radius 1 is 1.02 bits per heavy atom. The Bertz CT molecular complexity index is 1380. The van der Waals surface area contributed by atoms with Crippen LogP contribution in [-0.2, 0) is 14.3 Å². The van der Waals surface area contributed by atoms with Gasteiger partial charge in [-0.05, 0) is 37.6 Å². The van der Waals surface area contributed by atoms with E-state index in [9.17, 15) is 19.5 Å². The van der Waals surface area contributed by atoms with E-state index in [1.54, 1.807) is 52.9 Å². The first-order valence-corrected chi connectivity index (χ1v) is 14.4. The minimum atomic E-state index is -1.13. The molecule has 0 bridgehead atoms. The molecule has 3 heterocycles. The summed E-state index contributed by atoms with van der Waals surface area (Å²) in [5, 5.41) is 14.7. The van der Waals surface area contributed by atoms with Crippen LogP contribution in [0.3, 0.4) is 0 Å². The monoisotopic (exact) mass is 579 g/mol. The van der Waals surface area contributed by atoms with Crippen molar-refractivity contribution in [3.05, 3.63) is 60.0 Å². The van der Waals surface area contributed by atoms with E-state index in [-0.39, 0.29) is 13.0 Å². The van der Waals surface area contributed by atoms with E-state index >= 15 is 0 Å². The molecule has 3 aromatic rings. The lowest BCUT2D eigenvalue weighted by atomic mass is 9.85. The van der Waals surface area contributed by atoms with Crippen LogP contribution in [0, 0.1) is 5.41 Å². The van der Waals surface area contributed by atoms with Crippen molar-refractivity contribution < 1.29 is 29.0 Å². The number of thiophene rings is 1. The Labute approximate surface area is 244 Å². The number of carboxylic acids is 1. The summed E-state index contributed by atoms with van der Waals surface area (Å²) >= 11 is 1.56. The third-order valence-electron chi connectivity index (χ3n) is 6.55. The van der Waals surface area contributed by atoms with Crippen LogP contribution < -0.4 is 10.1 Å². The number of aromatic nitrogens is 1. The highest BCUT2D eigenvalue weighted by atomic mass is 32.1. The van der Waals surface area contributed by atoms with Crippen LogP contribution in [0.15, 0.2) is 60.0 Å². The quantitative estimate of drug-likeness (QED) is 0.361. The van der Waals surface area contributed by atoms with Gasteiger partial charge in [-0.1, -0.05) is 57.2 Å². The number of rotatable bonds is 7. The third-order valence-corrected chi connectivity index (χ3v) is 7.44. The summed E-state index contributed by atoms with van der Waals surface area (Å²) in [7, 11) is 0. The van der Waals surface area contributed by atoms with Crippen LogP contribution >= 0.6 is 11.3 Å². The van der Waals surface area contributed by atoms with Gasteiger partial charge in [0.1, 0.15) is 29.5 Å². The van der Waals surface area contributed by atoms with Gasteiger partial charge in [-0.25, -0.2) is 14.6 Å². The van der Waals surface area contributed by atoms with Crippen molar-refractivity contribution in [1.82, 2.24) is 15.2 Å². The van der Waals surface area contributed by atoms with Crippen molar-refractivity contribution in [2.24, 2.45) is 5.41 Å². The lowest BCUT2D eigenvalue weighted by molar-refractivity contribution is -0.150. The van der Waals surface area contributed by atoms with Gasteiger partial charge >= 0.3 is 12.1 Å². The summed E-state index contributed by atoms with van der Waals surface area (Å²) < 4.78 is 11.7. The van der Waals surface area contributed by atoms with E-state index in [0.29, 0.717) is 5.75 Å². The standard InChI is InChI=1S/C31H37N3O6S/c1-30(2,3)26(33-29(38)40-31(4,5)6)27(35)34-18-21(17-24(34)28(36)37)39-20-15-22(19-11-8-7-9-12-19)32-23(16-20)25-13-10-14-41-25/h7-16,21,24,26H,17-18H2,1-6H3,(H,33,38)(H,36,37). The van der Waals surface area contributed by atoms with Crippen LogP contribution in [0.5, 0.6) is 5.75 Å². The molecule has 1 saturated heterocycles. The summed E-state index contributed by atoms with van der Waals surface area (Å²) in [6, 6.07) is 15.2. The van der Waals surface area contributed by atoms with Gasteiger partial charge in [0.05, 0.1) is 22.8 Å². The number of benzene rings is 1. The predicted octanol–water partition coefficient (Wildman–Crippen LogP) is 5.85. The third kappa shape index (κ3) is 7.64. The maximum atomic E-state index is 13.8. The maximum absolute atomic E-state index is 13.8. The zero-order valence-corrected chi connectivity index (χ0v) is 25.0. The number of carboxylic acid groups (broad SMARTS) is 1. The molecular weight excluding hydrogens is 542 g/mol. The number of nitrogens with zero attached hydrogens (tertiary/aromatic N) is 2. The van der Waals surface area contributed by atoms with Gasteiger partial charge in [0, 0.05) is 24.1 Å². The van der Waals surface area contributed by atoms with E-state index in [1.807, 2.05) is 60.0 Å². The van der Waals surface area contributed by atoms with Crippen molar-refractivity contribution in [3.63, 3.8) is 0 Å². The first-order valence-electron chi connectivity index (χ1n) is 13.5. The van der Waals surface area contributed by atoms with Crippen LogP contribution in [0.1, 0.15) is 48.0 Å². The average molecular weight is 580 g/mol. The summed E-state index contributed by atoms with van der Waals surface area (Å²) in [5.41, 5.74) is 0.926. The summed E-state index contributed by atoms with van der Waals surface area (Å²) in [6.45, 7) is 10.7. The first kappa shape index (κ1) is 30.0. The number of amides is 2. The number of ether oxygens (including phenoxy) is 2. The second kappa shape index (κ2) is 11.9. The highest BCUT2D eigenvalue weighted by molar-refractivity contribution is 7.13. The highest BCUT2D eigenvalue weighted by Crippen LogP contribution is 2.33. The van der Waals surface area contributed by atoms with E-state index < -0.39 is 47.2 Å². The van der Waals surface area contributed by atoms with Crippen LogP contribution in [0.25, 0.3) is 21.8 Å². The van der Waals surface area contributed by atoms with Crippen molar-refractivity contribution >= 4 is 29.3 Å². The number of carbonyl (C=O) groups is 3. The smallest absolute Gasteiger partial charge is 0.408 e. The Morgan fingerprint density at radius 3 is 2.29 bits per heavy atom. The molecule has 0 radical (unpaired) electrons. The normalized spacial score (nSPS) is 18.0. The predicted molar refractivity (Wildman–Crippen MR) is 158 cm³/mol. The molecule has 0 aliphatic carbocycles. The number of likely N-dealkylation sites (tertiary alicyclic amines) is 1. The molecule has 1 fully saturated rings. The van der Waals surface area contributed by atoms with Crippen molar-refractivity contribution in [2.75, 3.05) is 6.54 Å². The SMILES string of the molecule is CC(C)(C)OC(=O)NC(C(=O)N1CC(Oc2cc(-c3ccccc3)nc(-c3cccs3)c2)CC1C(=O)O)C(C)(C)C. The number of alkyl carbamates (subject to hydrolysis) is 1. The van der Waals surface area contributed by atoms with Crippen molar-refractivity contribution in [2.45, 2.75) is 71.8 Å². The van der Waals surface area contributed by atoms with Gasteiger partial charge in [-0.15, -0.1) is 11.3 Å². The number of hydrogen-bond acceptors (Lipinski definition) is 7. The minimum absolute atomic E-state index is 0.0513. The van der Waals surface area contributed by atoms with Crippen LogP contribution in [0.2, 0.25) is 0 Å². The van der Waals surface area contributed by atoms with Gasteiger partial charge in [-0.3, -0.25) is 4.79 Å². The Hall–Kier alpha value is -3.92. The van der Waals surface area contributed by atoms with Crippen molar-refractivity contribution in [1.29, 1.82) is 0 Å². The lowest BCUT2D eigenvalue weighted by Gasteiger charge is -2.35. The molecule has 0 spiro atoms. The highest BCUT2D eigenvalue weighted by Gasteiger charge is 2.46. The molecule has 41 heavy (non-hydrogen) atoms. The summed E-state index contributed by atoms with van der Waals surface area (Å²) in [5.74, 6) is -1.10. The van der Waals surface area contributed by atoms with Gasteiger partial charge in [-0.2, -0.15) is 0 Å². The zero-order valence-electron chi connectivity index (χ0n) is 24.2. The van der Waals surface area contributed by atoms with Gasteiger partial charge < -0.3 is 24.8 Å². The fourth-order valence-electron chi connectivity index (χ4n) is 4.67. The fraction of sp³-hybridized carbons (Fsp3) is 0.419. The second-order valence-corrected chi connectivity index (χ2v) is 13.1. The summed E-state index contributed by atoms with van der Waals surface area (Å²) in [4.78, 5) is 45.7. The number of aliphatic carboxylic acids is 1. The molecule has 10 heteroatoms. The van der Waals surface area contributed by atoms with Crippen LogP contribution in [-0.4, -0.2) is 63.3 Å². The number of pyridine rings is 1. The molecule has 2 aromatic heterocycles. The molecule has 2 N–H and O–H groups in total. The van der Waals surface area contributed by atoms with Gasteiger partial charge in [0.25, 0.3) is 0 Å². The topological polar surface area (TPSA) is 118 Å². The number of hydrogen-bond donors (Lipinski definition) is 2. The van der Waals surface area contributed by atoms with E-state index in [1.165, 1.54) is 4.90 Å². The molecule has 4 rings (SSSR count). The molecule has 3 unspecified atom stereocenters. The molecule has 1 aromatic carbocycles. The van der Waals surface area contributed by atoms with Gasteiger partial charge in [0.15, 0.2) is 0 Å². The Morgan fingerprint density at radius 2 is 1.71 bits per heavy atom. The van der Waals surface area contributed by atoms with E-state index in [2.05, 4.69) is 5.32 Å². The lowest BCUT2D eigenvalue weighted by Crippen LogP contribution is -2.57. The largest absolute Gasteiger partial charge is 0.488 e. The second-order valence-electron chi connectivity index (χ2n) is 12.2. The molecule has 2 amide bonds. The summed E-state index contributed by atoms with van der Waals surface area (Å²) in [6.07, 6.45) is -1.22. The maximum Gasteiger partial charge on any atom is 0.408 e. The van der Waals surface area contributed by atoms with E-state index in [0.717, 1.165) is 21.8 Å². The van der Waals surface area contributed by atoms with E-state index in [4.69, 9.17) is 14.5 Å². The molecule has 1 aliphatic rings. The molecule has 9 nitrogen and oxygen atoms in total. The molecule has 1 aliphatic heterocycles. The Kier molecular flexibility index (Phi) is 8.72. The Balaban J connectivity index is 1.59. The van der Waals surface area contributed by atoms with Crippen molar-refractivity contribution in [3.8, 4) is 27.6 Å². The minimum Gasteiger partial charge on any atom is -0.488 e. The first-order chi connectivity index (χ1) is 19.2. The molecular formula is C31H37N3O6S. The fourth-order valence-corrected chi connectivity index (χ4v) is 5.36. The number of nitrogens with one attached hydrogen (secondary N) is 1. The van der Waals surface area contributed by atoms with Gasteiger partial charge in [0.2, 0.25) is 5.91 Å². The van der Waals surface area contributed by atoms with Crippen LogP contribution in [0.4, 0.5) is 4.79 Å². The molecule has 218 valence electrons. The average Bonchev–Trinajstić information content (AvgIpc) is 3.56.